The minimum atomic E-state index is -2.63. The number of carbonyl (C=O) groups is 1. The third-order valence-electron chi connectivity index (χ3n) is 7.10. The molecule has 2 amide bonds. The number of hydrogen-bond acceptors (Lipinski definition) is 6. The summed E-state index contributed by atoms with van der Waals surface area (Å²) in [5, 5.41) is 2.84. The second-order valence-corrected chi connectivity index (χ2v) is 9.56. The summed E-state index contributed by atoms with van der Waals surface area (Å²) in [5.41, 5.74) is 6.02. The van der Waals surface area contributed by atoms with E-state index in [1.54, 1.807) is 21.6 Å². The highest BCUT2D eigenvalue weighted by Crippen LogP contribution is 2.39. The fourth-order valence-corrected chi connectivity index (χ4v) is 5.47. The van der Waals surface area contributed by atoms with Gasteiger partial charge in [0.2, 0.25) is 0 Å². The summed E-state index contributed by atoms with van der Waals surface area (Å²) < 4.78 is 34.8. The quantitative estimate of drug-likeness (QED) is 0.527. The molecule has 37 heavy (non-hydrogen) atoms. The average molecular weight is 507 g/mol. The van der Waals surface area contributed by atoms with Crippen LogP contribution in [0.3, 0.4) is 0 Å². The molecule has 194 valence electrons. The maximum Gasteiger partial charge on any atom is 0.350 e. The lowest BCUT2D eigenvalue weighted by Gasteiger charge is -2.31. The van der Waals surface area contributed by atoms with Gasteiger partial charge in [0.25, 0.3) is 0 Å². The Kier molecular flexibility index (Phi) is 5.59. The first kappa shape index (κ1) is 21.1. The molecule has 3 aromatic rings. The van der Waals surface area contributed by atoms with Gasteiger partial charge in [0.15, 0.2) is 11.5 Å². The summed E-state index contributed by atoms with van der Waals surface area (Å²) in [4.78, 5) is 33.9. The van der Waals surface area contributed by atoms with Crippen molar-refractivity contribution in [2.75, 3.05) is 45.2 Å². The molecule has 0 aliphatic carbocycles. The molecule has 9 heteroatoms. The number of aryl methyl sites for hydroxylation is 4. The molecule has 5 rings (SSSR count). The van der Waals surface area contributed by atoms with Crippen molar-refractivity contribution >= 4 is 17.5 Å². The lowest BCUT2D eigenvalue weighted by molar-refractivity contribution is 0.218. The van der Waals surface area contributed by atoms with Crippen LogP contribution in [0.4, 0.5) is 16.3 Å². The number of aromatic nitrogens is 2. The van der Waals surface area contributed by atoms with Crippen molar-refractivity contribution < 1.29 is 18.4 Å². The number of nitrogens with zero attached hydrogens (tertiary/aromatic N) is 4. The summed E-state index contributed by atoms with van der Waals surface area (Å²) in [6.45, 7) is 8.62. The second-order valence-electron chi connectivity index (χ2n) is 9.56. The number of nitrogens with one attached hydrogen (secondary N) is 1. The van der Waals surface area contributed by atoms with Gasteiger partial charge in [-0.3, -0.25) is 4.57 Å². The van der Waals surface area contributed by atoms with Crippen molar-refractivity contribution in [3.8, 4) is 22.8 Å². The van der Waals surface area contributed by atoms with Crippen LogP contribution in [0.5, 0.6) is 11.5 Å². The third kappa shape index (κ3) is 4.50. The summed E-state index contributed by atoms with van der Waals surface area (Å²) in [6, 6.07) is 9.35. The third-order valence-corrected chi connectivity index (χ3v) is 7.10. The number of urea groups is 1. The lowest BCUT2D eigenvalue weighted by Crippen LogP contribution is -2.37. The van der Waals surface area contributed by atoms with E-state index in [2.05, 4.69) is 22.4 Å². The van der Waals surface area contributed by atoms with E-state index in [1.165, 1.54) is 7.11 Å². The van der Waals surface area contributed by atoms with Gasteiger partial charge >= 0.3 is 11.7 Å². The normalized spacial score (nSPS) is 15.7. The SMILES string of the molecule is [2H]C([2H])([2H])Oc1cc2c(cc1OC)-c1cc(N(CCN3CCNC3=O)c3c(C)cc(C)cc3C)nc(=O)n1CC2. The smallest absolute Gasteiger partial charge is 0.350 e. The number of methoxy groups -OCH3 is 2. The topological polar surface area (TPSA) is 88.9 Å². The van der Waals surface area contributed by atoms with Crippen LogP contribution in [0, 0.1) is 20.8 Å². The zero-order chi connectivity index (χ0) is 28.8. The van der Waals surface area contributed by atoms with Crippen molar-refractivity contribution in [2.24, 2.45) is 0 Å². The van der Waals surface area contributed by atoms with Crippen molar-refractivity contribution in [1.82, 2.24) is 19.8 Å². The van der Waals surface area contributed by atoms with Crippen molar-refractivity contribution in [2.45, 2.75) is 33.7 Å². The van der Waals surface area contributed by atoms with Gasteiger partial charge < -0.3 is 24.6 Å². The Morgan fingerprint density at radius 2 is 1.81 bits per heavy atom. The summed E-state index contributed by atoms with van der Waals surface area (Å²) in [5.74, 6) is 0.861. The van der Waals surface area contributed by atoms with Gasteiger partial charge in [-0.05, 0) is 56.0 Å². The summed E-state index contributed by atoms with van der Waals surface area (Å²) in [6.07, 6.45) is 0.509. The molecule has 3 heterocycles. The summed E-state index contributed by atoms with van der Waals surface area (Å²) >= 11 is 0. The highest BCUT2D eigenvalue weighted by molar-refractivity contribution is 5.77. The fraction of sp³-hybridized carbons (Fsp3) is 0.393. The number of ether oxygens (including phenoxy) is 2. The van der Waals surface area contributed by atoms with E-state index in [4.69, 9.17) is 13.6 Å². The Balaban J connectivity index is 1.63. The zero-order valence-electron chi connectivity index (χ0n) is 24.6. The number of anilines is 2. The number of fused-ring (bicyclic) bond motifs is 3. The Morgan fingerprint density at radius 1 is 1.05 bits per heavy atom. The van der Waals surface area contributed by atoms with Crippen LogP contribution in [0.25, 0.3) is 11.3 Å². The maximum absolute atomic E-state index is 13.4. The molecule has 2 aliphatic heterocycles. The first-order valence-electron chi connectivity index (χ1n) is 13.9. The number of carbonyl (C=O) groups excluding carboxylic acids is 1. The van der Waals surface area contributed by atoms with Crippen molar-refractivity contribution in [3.63, 3.8) is 0 Å². The van der Waals surface area contributed by atoms with E-state index in [0.29, 0.717) is 50.7 Å². The molecule has 1 N–H and O–H groups in total. The molecule has 0 spiro atoms. The van der Waals surface area contributed by atoms with E-state index in [-0.39, 0.29) is 23.2 Å². The van der Waals surface area contributed by atoms with E-state index in [1.807, 2.05) is 31.7 Å². The first-order valence-corrected chi connectivity index (χ1v) is 12.4. The lowest BCUT2D eigenvalue weighted by atomic mass is 9.96. The highest BCUT2D eigenvalue weighted by atomic mass is 16.5. The molecule has 1 saturated heterocycles. The van der Waals surface area contributed by atoms with Gasteiger partial charge in [-0.15, -0.1) is 0 Å². The molecule has 0 atom stereocenters. The van der Waals surface area contributed by atoms with Crippen molar-refractivity contribution in [3.05, 3.63) is 63.1 Å². The number of hydrogen-bond donors (Lipinski definition) is 1. The second kappa shape index (κ2) is 9.80. The number of amides is 2. The fourth-order valence-electron chi connectivity index (χ4n) is 5.47. The molecule has 9 nitrogen and oxygen atoms in total. The van der Waals surface area contributed by atoms with Crippen LogP contribution in [-0.4, -0.2) is 60.8 Å². The van der Waals surface area contributed by atoms with Gasteiger partial charge in [-0.1, -0.05) is 17.7 Å². The Labute approximate surface area is 220 Å². The van der Waals surface area contributed by atoms with Gasteiger partial charge in [0, 0.05) is 50.0 Å². The molecule has 1 fully saturated rings. The molecular formula is C28H33N5O4. The molecule has 0 unspecified atom stereocenters. The van der Waals surface area contributed by atoms with Crippen LogP contribution < -0.4 is 25.4 Å². The molecule has 2 aliphatic rings. The van der Waals surface area contributed by atoms with Crippen LogP contribution in [0.1, 0.15) is 26.4 Å². The minimum absolute atomic E-state index is 0.105. The predicted octanol–water partition coefficient (Wildman–Crippen LogP) is 3.57. The Bertz CT molecular complexity index is 1510. The van der Waals surface area contributed by atoms with Crippen LogP contribution in [0.15, 0.2) is 35.1 Å². The molecular weight excluding hydrogens is 470 g/mol. The van der Waals surface area contributed by atoms with Crippen LogP contribution in [-0.2, 0) is 13.0 Å². The van der Waals surface area contributed by atoms with E-state index in [0.717, 1.165) is 33.5 Å². The zero-order valence-corrected chi connectivity index (χ0v) is 21.6. The van der Waals surface area contributed by atoms with Gasteiger partial charge in [-0.25, -0.2) is 9.59 Å². The van der Waals surface area contributed by atoms with Crippen LogP contribution >= 0.6 is 0 Å². The van der Waals surface area contributed by atoms with Crippen molar-refractivity contribution in [1.29, 1.82) is 0 Å². The van der Waals surface area contributed by atoms with Gasteiger partial charge in [0.1, 0.15) is 5.82 Å². The maximum atomic E-state index is 13.4. The van der Waals surface area contributed by atoms with E-state index < -0.39 is 7.04 Å². The standard InChI is InChI=1S/C28H33N5O4/c1-17-12-18(2)26(19(3)13-17)33(11-10-31-9-7-29-27(31)34)25-16-22-21-15-24(37-5)23(36-4)14-20(21)6-8-32(22)28(35)30-25/h12-16H,6-11H2,1-5H3,(H,29,34)/i4D3. The Morgan fingerprint density at radius 3 is 2.49 bits per heavy atom. The van der Waals surface area contributed by atoms with E-state index >= 15 is 0 Å². The molecule has 0 radical (unpaired) electrons. The predicted molar refractivity (Wildman–Crippen MR) is 143 cm³/mol. The monoisotopic (exact) mass is 506 g/mol. The molecule has 0 bridgehead atoms. The number of rotatable bonds is 7. The summed E-state index contributed by atoms with van der Waals surface area (Å²) in [7, 11) is -1.18. The Hall–Kier alpha value is -4.01. The van der Waals surface area contributed by atoms with Crippen LogP contribution in [0.2, 0.25) is 0 Å². The van der Waals surface area contributed by atoms with Gasteiger partial charge in [-0.2, -0.15) is 4.98 Å². The van der Waals surface area contributed by atoms with Gasteiger partial charge in [0.05, 0.1) is 24.0 Å². The first-order chi connectivity index (χ1) is 18.9. The molecule has 1 aromatic heterocycles. The molecule has 2 aromatic carbocycles. The van der Waals surface area contributed by atoms with E-state index in [9.17, 15) is 9.59 Å². The largest absolute Gasteiger partial charge is 0.493 e. The minimum Gasteiger partial charge on any atom is -0.493 e. The number of benzene rings is 2. The molecule has 0 saturated carbocycles. The highest BCUT2D eigenvalue weighted by Gasteiger charge is 2.26. The average Bonchev–Trinajstić information content (AvgIpc) is 3.28.